The molecule has 0 aliphatic rings. The number of aryl methyl sites for hydroxylation is 1. The van der Waals surface area contributed by atoms with Crippen molar-refractivity contribution in [2.24, 2.45) is 0 Å². The van der Waals surface area contributed by atoms with E-state index in [4.69, 9.17) is 0 Å². The zero-order valence-corrected chi connectivity index (χ0v) is 10.1. The Morgan fingerprint density at radius 1 is 1.06 bits per heavy atom. The van der Waals surface area contributed by atoms with Crippen molar-refractivity contribution in [3.8, 4) is 11.1 Å². The van der Waals surface area contributed by atoms with E-state index in [0.29, 0.717) is 5.92 Å². The van der Waals surface area contributed by atoms with Crippen molar-refractivity contribution >= 4 is 0 Å². The molecular weight excluding hydrogens is 194 g/mol. The van der Waals surface area contributed by atoms with Crippen molar-refractivity contribution in [1.82, 2.24) is 4.98 Å². The van der Waals surface area contributed by atoms with Crippen molar-refractivity contribution in [3.63, 3.8) is 0 Å². The molecule has 2 aromatic rings. The molecule has 0 bridgehead atoms. The van der Waals surface area contributed by atoms with Gasteiger partial charge in [-0.1, -0.05) is 38.1 Å². The first-order chi connectivity index (χ1) is 7.68. The first kappa shape index (κ1) is 10.9. The molecule has 0 fully saturated rings. The Morgan fingerprint density at radius 3 is 2.50 bits per heavy atom. The van der Waals surface area contributed by atoms with E-state index >= 15 is 0 Å². The van der Waals surface area contributed by atoms with E-state index in [1.807, 2.05) is 13.1 Å². The van der Waals surface area contributed by atoms with Crippen LogP contribution in [0.4, 0.5) is 0 Å². The van der Waals surface area contributed by atoms with E-state index < -0.39 is 0 Å². The monoisotopic (exact) mass is 211 g/mol. The lowest BCUT2D eigenvalue weighted by Gasteiger charge is -2.12. The van der Waals surface area contributed by atoms with E-state index in [1.54, 1.807) is 0 Å². The fraction of sp³-hybridized carbons (Fsp3) is 0.267. The van der Waals surface area contributed by atoms with Crippen molar-refractivity contribution in [1.29, 1.82) is 0 Å². The maximum Gasteiger partial charge on any atom is 0.0378 e. The Hall–Kier alpha value is -1.63. The number of nitrogens with zero attached hydrogens (tertiary/aromatic N) is 1. The Morgan fingerprint density at radius 2 is 1.81 bits per heavy atom. The molecule has 0 unspecified atom stereocenters. The first-order valence-corrected chi connectivity index (χ1v) is 5.70. The van der Waals surface area contributed by atoms with Crippen LogP contribution in [0.3, 0.4) is 0 Å². The van der Waals surface area contributed by atoms with Gasteiger partial charge in [0.25, 0.3) is 0 Å². The summed E-state index contributed by atoms with van der Waals surface area (Å²) in [5, 5.41) is 0. The second kappa shape index (κ2) is 4.48. The SMILES string of the molecule is Cc1cc(-c2ccccc2C(C)C)ccn1. The van der Waals surface area contributed by atoms with E-state index in [2.05, 4.69) is 55.2 Å². The molecule has 1 aromatic heterocycles. The lowest BCUT2D eigenvalue weighted by atomic mass is 9.93. The molecular formula is C15H17N. The zero-order chi connectivity index (χ0) is 11.5. The van der Waals surface area contributed by atoms with Crippen LogP contribution in [0.5, 0.6) is 0 Å². The van der Waals surface area contributed by atoms with E-state index in [-0.39, 0.29) is 0 Å². The van der Waals surface area contributed by atoms with Crippen molar-refractivity contribution in [2.45, 2.75) is 26.7 Å². The fourth-order valence-electron chi connectivity index (χ4n) is 1.98. The molecule has 2 rings (SSSR count). The minimum Gasteiger partial charge on any atom is -0.262 e. The maximum atomic E-state index is 4.24. The molecule has 0 aliphatic carbocycles. The van der Waals surface area contributed by atoms with Gasteiger partial charge in [0.2, 0.25) is 0 Å². The van der Waals surface area contributed by atoms with Crippen LogP contribution in [0.25, 0.3) is 11.1 Å². The average molecular weight is 211 g/mol. The summed E-state index contributed by atoms with van der Waals surface area (Å²) in [6.07, 6.45) is 1.88. The summed E-state index contributed by atoms with van der Waals surface area (Å²) in [6, 6.07) is 12.8. The highest BCUT2D eigenvalue weighted by Gasteiger charge is 2.07. The Bertz CT molecular complexity index is 486. The van der Waals surface area contributed by atoms with Crippen LogP contribution in [0.15, 0.2) is 42.6 Å². The molecule has 1 nitrogen and oxygen atoms in total. The predicted molar refractivity (Wildman–Crippen MR) is 68.5 cm³/mol. The van der Waals surface area contributed by atoms with Gasteiger partial charge in [-0.25, -0.2) is 0 Å². The minimum atomic E-state index is 0.546. The molecule has 0 radical (unpaired) electrons. The maximum absolute atomic E-state index is 4.24. The third-order valence-electron chi connectivity index (χ3n) is 2.79. The zero-order valence-electron chi connectivity index (χ0n) is 10.1. The van der Waals surface area contributed by atoms with Crippen LogP contribution in [-0.4, -0.2) is 4.98 Å². The normalized spacial score (nSPS) is 10.8. The minimum absolute atomic E-state index is 0.546. The van der Waals surface area contributed by atoms with E-state index in [9.17, 15) is 0 Å². The summed E-state index contributed by atoms with van der Waals surface area (Å²) in [5.74, 6) is 0.546. The second-order valence-corrected chi connectivity index (χ2v) is 4.43. The van der Waals surface area contributed by atoms with Crippen LogP contribution in [0.1, 0.15) is 31.0 Å². The van der Waals surface area contributed by atoms with Gasteiger partial charge in [-0.15, -0.1) is 0 Å². The molecule has 1 aromatic carbocycles. The molecule has 0 spiro atoms. The quantitative estimate of drug-likeness (QED) is 0.726. The number of hydrogen-bond acceptors (Lipinski definition) is 1. The van der Waals surface area contributed by atoms with Gasteiger partial charge in [0.15, 0.2) is 0 Å². The number of aromatic nitrogens is 1. The molecule has 0 aliphatic heterocycles. The van der Waals surface area contributed by atoms with Crippen LogP contribution in [0, 0.1) is 6.92 Å². The van der Waals surface area contributed by atoms with Crippen LogP contribution in [0.2, 0.25) is 0 Å². The molecule has 0 N–H and O–H groups in total. The lowest BCUT2D eigenvalue weighted by Crippen LogP contribution is -1.92. The average Bonchev–Trinajstić information content (AvgIpc) is 2.29. The number of rotatable bonds is 2. The number of pyridine rings is 1. The Balaban J connectivity index is 2.55. The van der Waals surface area contributed by atoms with Gasteiger partial charge in [-0.2, -0.15) is 0 Å². The second-order valence-electron chi connectivity index (χ2n) is 4.43. The molecule has 16 heavy (non-hydrogen) atoms. The van der Waals surface area contributed by atoms with Crippen LogP contribution < -0.4 is 0 Å². The third-order valence-corrected chi connectivity index (χ3v) is 2.79. The van der Waals surface area contributed by atoms with E-state index in [1.165, 1.54) is 16.7 Å². The van der Waals surface area contributed by atoms with Crippen LogP contribution >= 0.6 is 0 Å². The predicted octanol–water partition coefficient (Wildman–Crippen LogP) is 4.18. The molecule has 0 amide bonds. The summed E-state index contributed by atoms with van der Waals surface area (Å²) in [4.78, 5) is 4.24. The largest absolute Gasteiger partial charge is 0.262 e. The molecule has 0 saturated heterocycles. The van der Waals surface area contributed by atoms with Gasteiger partial charge < -0.3 is 0 Å². The summed E-state index contributed by atoms with van der Waals surface area (Å²) in [6.45, 7) is 6.49. The van der Waals surface area contributed by atoms with Crippen molar-refractivity contribution < 1.29 is 0 Å². The van der Waals surface area contributed by atoms with Gasteiger partial charge in [0.05, 0.1) is 0 Å². The standard InChI is InChI=1S/C15H17N/c1-11(2)14-6-4-5-7-15(14)13-8-9-16-12(3)10-13/h4-11H,1-3H3. The van der Waals surface area contributed by atoms with Crippen molar-refractivity contribution in [2.75, 3.05) is 0 Å². The summed E-state index contributed by atoms with van der Waals surface area (Å²) in [7, 11) is 0. The summed E-state index contributed by atoms with van der Waals surface area (Å²) < 4.78 is 0. The lowest BCUT2D eigenvalue weighted by molar-refractivity contribution is 0.869. The topological polar surface area (TPSA) is 12.9 Å². The van der Waals surface area contributed by atoms with Gasteiger partial charge >= 0.3 is 0 Å². The van der Waals surface area contributed by atoms with Gasteiger partial charge in [0.1, 0.15) is 0 Å². The van der Waals surface area contributed by atoms with E-state index in [0.717, 1.165) is 5.69 Å². The highest BCUT2D eigenvalue weighted by Crippen LogP contribution is 2.28. The smallest absolute Gasteiger partial charge is 0.0378 e. The molecule has 1 heterocycles. The highest BCUT2D eigenvalue weighted by atomic mass is 14.6. The van der Waals surface area contributed by atoms with Gasteiger partial charge in [-0.05, 0) is 41.7 Å². The van der Waals surface area contributed by atoms with Gasteiger partial charge in [0, 0.05) is 11.9 Å². The van der Waals surface area contributed by atoms with Gasteiger partial charge in [-0.3, -0.25) is 4.98 Å². The third kappa shape index (κ3) is 2.13. The molecule has 82 valence electrons. The molecule has 0 atom stereocenters. The Labute approximate surface area is 97.2 Å². The summed E-state index contributed by atoms with van der Waals surface area (Å²) >= 11 is 0. The highest BCUT2D eigenvalue weighted by molar-refractivity contribution is 5.67. The number of benzene rings is 1. The fourth-order valence-corrected chi connectivity index (χ4v) is 1.98. The first-order valence-electron chi connectivity index (χ1n) is 5.70. The molecule has 0 saturated carbocycles. The molecule has 1 heteroatoms. The van der Waals surface area contributed by atoms with Crippen molar-refractivity contribution in [3.05, 3.63) is 53.9 Å². The van der Waals surface area contributed by atoms with Crippen LogP contribution in [-0.2, 0) is 0 Å². The summed E-state index contributed by atoms with van der Waals surface area (Å²) in [5.41, 5.74) is 5.05. The number of hydrogen-bond donors (Lipinski definition) is 0. The Kier molecular flexibility index (Phi) is 3.04.